The number of hydrogen-bond acceptors (Lipinski definition) is 6. The van der Waals surface area contributed by atoms with Crippen LogP contribution in [0.25, 0.3) is 0 Å². The van der Waals surface area contributed by atoms with Gasteiger partial charge >= 0.3 is 0 Å². The number of anilines is 1. The molecule has 1 fully saturated rings. The van der Waals surface area contributed by atoms with Crippen LogP contribution < -0.4 is 10.5 Å². The molecular weight excluding hydrogens is 308 g/mol. The Labute approximate surface area is 141 Å². The Morgan fingerprint density at radius 3 is 2.39 bits per heavy atom. The first-order valence-electron chi connectivity index (χ1n) is 8.01. The van der Waals surface area contributed by atoms with Gasteiger partial charge in [0, 0.05) is 37.3 Å². The van der Waals surface area contributed by atoms with Crippen molar-refractivity contribution in [3.63, 3.8) is 0 Å². The zero-order valence-corrected chi connectivity index (χ0v) is 14.4. The lowest BCUT2D eigenvalue weighted by molar-refractivity contribution is 0.248. The van der Waals surface area contributed by atoms with Gasteiger partial charge < -0.3 is 10.5 Å². The number of nitrogens with zero attached hydrogens (tertiary/aromatic N) is 3. The van der Waals surface area contributed by atoms with Gasteiger partial charge in [0.05, 0.1) is 7.11 Å². The van der Waals surface area contributed by atoms with Crippen molar-refractivity contribution in [3.8, 4) is 5.75 Å². The van der Waals surface area contributed by atoms with Crippen LogP contribution in [0.5, 0.6) is 5.75 Å². The van der Waals surface area contributed by atoms with Crippen molar-refractivity contribution in [2.75, 3.05) is 39.0 Å². The van der Waals surface area contributed by atoms with Gasteiger partial charge in [-0.05, 0) is 37.2 Å². The van der Waals surface area contributed by atoms with Crippen molar-refractivity contribution in [1.29, 1.82) is 0 Å². The largest absolute Gasteiger partial charge is 0.497 e. The molecule has 0 spiro atoms. The molecule has 0 atom stereocenters. The molecule has 0 saturated carbocycles. The van der Waals surface area contributed by atoms with Gasteiger partial charge in [-0.1, -0.05) is 12.1 Å². The maximum absolute atomic E-state index is 5.71. The summed E-state index contributed by atoms with van der Waals surface area (Å²) in [6, 6.07) is 8.38. The molecular formula is C17H24N4OS. The number of thiazole rings is 1. The van der Waals surface area contributed by atoms with E-state index in [0.29, 0.717) is 5.13 Å². The summed E-state index contributed by atoms with van der Waals surface area (Å²) in [6.45, 7) is 6.44. The minimum atomic E-state index is 0.663. The molecule has 2 N–H and O–H groups in total. The molecule has 3 rings (SSSR count). The second-order valence-electron chi connectivity index (χ2n) is 5.92. The second kappa shape index (κ2) is 7.77. The first kappa shape index (κ1) is 16.2. The molecule has 1 saturated heterocycles. The van der Waals surface area contributed by atoms with Gasteiger partial charge in [0.15, 0.2) is 5.13 Å². The summed E-state index contributed by atoms with van der Waals surface area (Å²) in [4.78, 5) is 10.4. The Hall–Kier alpha value is -1.63. The Kier molecular flexibility index (Phi) is 5.48. The highest BCUT2D eigenvalue weighted by Crippen LogP contribution is 2.18. The van der Waals surface area contributed by atoms with E-state index >= 15 is 0 Å². The van der Waals surface area contributed by atoms with Crippen LogP contribution in [0.15, 0.2) is 30.5 Å². The Morgan fingerprint density at radius 1 is 1.09 bits per heavy atom. The third-order valence-corrected chi connectivity index (χ3v) is 5.01. The molecule has 124 valence electrons. The summed E-state index contributed by atoms with van der Waals surface area (Å²) in [5, 5.41) is 0.663. The van der Waals surface area contributed by atoms with E-state index in [0.717, 1.165) is 45.0 Å². The first-order chi connectivity index (χ1) is 11.2. The van der Waals surface area contributed by atoms with Crippen molar-refractivity contribution in [1.82, 2.24) is 14.8 Å². The number of nitrogen functional groups attached to an aromatic ring is 1. The molecule has 0 amide bonds. The van der Waals surface area contributed by atoms with Crippen LogP contribution in [0.3, 0.4) is 0 Å². The number of rotatable bonds is 5. The smallest absolute Gasteiger partial charge is 0.180 e. The quantitative estimate of drug-likeness (QED) is 0.911. The average molecular weight is 332 g/mol. The second-order valence-corrected chi connectivity index (χ2v) is 7.07. The molecule has 1 aliphatic rings. The van der Waals surface area contributed by atoms with E-state index in [9.17, 15) is 0 Å². The Morgan fingerprint density at radius 2 is 1.78 bits per heavy atom. The highest BCUT2D eigenvalue weighted by atomic mass is 32.1. The van der Waals surface area contributed by atoms with Crippen LogP contribution in [0.2, 0.25) is 0 Å². The van der Waals surface area contributed by atoms with E-state index in [1.165, 1.54) is 16.9 Å². The predicted octanol–water partition coefficient (Wildman–Crippen LogP) is 2.44. The van der Waals surface area contributed by atoms with Gasteiger partial charge in [-0.2, -0.15) is 0 Å². The van der Waals surface area contributed by atoms with E-state index in [2.05, 4.69) is 26.9 Å². The van der Waals surface area contributed by atoms with Crippen LogP contribution >= 0.6 is 11.3 Å². The van der Waals surface area contributed by atoms with Crippen molar-refractivity contribution in [3.05, 3.63) is 40.9 Å². The summed E-state index contributed by atoms with van der Waals surface area (Å²) in [7, 11) is 1.70. The third-order valence-electron chi connectivity index (χ3n) is 4.20. The van der Waals surface area contributed by atoms with E-state index in [4.69, 9.17) is 10.5 Å². The number of benzene rings is 1. The Bertz CT molecular complexity index is 613. The standard InChI is InChI=1S/C17H24N4OS/c1-22-15-5-3-14(4-6-15)12-20-7-2-8-21(10-9-20)13-16-11-19-17(18)23-16/h3-6,11H,2,7-10,12-13H2,1H3,(H2,18,19). The summed E-state index contributed by atoms with van der Waals surface area (Å²) < 4.78 is 5.22. The van der Waals surface area contributed by atoms with Crippen molar-refractivity contribution in [2.24, 2.45) is 0 Å². The van der Waals surface area contributed by atoms with Gasteiger partial charge in [0.25, 0.3) is 0 Å². The first-order valence-corrected chi connectivity index (χ1v) is 8.82. The highest BCUT2D eigenvalue weighted by molar-refractivity contribution is 7.15. The van der Waals surface area contributed by atoms with Gasteiger partial charge in [-0.3, -0.25) is 9.80 Å². The molecule has 0 bridgehead atoms. The molecule has 2 heterocycles. The molecule has 0 aliphatic carbocycles. The zero-order chi connectivity index (χ0) is 16.1. The Balaban J connectivity index is 1.51. The van der Waals surface area contributed by atoms with E-state index in [-0.39, 0.29) is 0 Å². The highest BCUT2D eigenvalue weighted by Gasteiger charge is 2.16. The fourth-order valence-electron chi connectivity index (χ4n) is 2.95. The van der Waals surface area contributed by atoms with Gasteiger partial charge in [0.1, 0.15) is 5.75 Å². The van der Waals surface area contributed by atoms with Gasteiger partial charge in [0.2, 0.25) is 0 Å². The van der Waals surface area contributed by atoms with Crippen LogP contribution in [0.4, 0.5) is 5.13 Å². The fraction of sp³-hybridized carbons (Fsp3) is 0.471. The SMILES string of the molecule is COc1ccc(CN2CCCN(Cc3cnc(N)s3)CC2)cc1. The number of ether oxygens (including phenoxy) is 1. The minimum Gasteiger partial charge on any atom is -0.497 e. The summed E-state index contributed by atoms with van der Waals surface area (Å²) in [6.07, 6.45) is 3.10. The average Bonchev–Trinajstić information content (AvgIpc) is 2.84. The van der Waals surface area contributed by atoms with E-state index in [1.807, 2.05) is 18.3 Å². The van der Waals surface area contributed by atoms with Crippen molar-refractivity contribution >= 4 is 16.5 Å². The molecule has 6 heteroatoms. The van der Waals surface area contributed by atoms with Gasteiger partial charge in [-0.15, -0.1) is 11.3 Å². The fourth-order valence-corrected chi connectivity index (χ4v) is 3.67. The summed E-state index contributed by atoms with van der Waals surface area (Å²) in [5.74, 6) is 0.916. The maximum atomic E-state index is 5.71. The normalized spacial score (nSPS) is 17.1. The zero-order valence-electron chi connectivity index (χ0n) is 13.6. The monoisotopic (exact) mass is 332 g/mol. The topological polar surface area (TPSA) is 54.6 Å². The van der Waals surface area contributed by atoms with Crippen LogP contribution in [0.1, 0.15) is 16.9 Å². The van der Waals surface area contributed by atoms with E-state index < -0.39 is 0 Å². The number of hydrogen-bond donors (Lipinski definition) is 1. The predicted molar refractivity (Wildman–Crippen MR) is 94.7 cm³/mol. The molecule has 5 nitrogen and oxygen atoms in total. The number of nitrogens with two attached hydrogens (primary N) is 1. The van der Waals surface area contributed by atoms with Crippen molar-refractivity contribution < 1.29 is 4.74 Å². The minimum absolute atomic E-state index is 0.663. The number of methoxy groups -OCH3 is 1. The van der Waals surface area contributed by atoms with Crippen molar-refractivity contribution in [2.45, 2.75) is 19.5 Å². The lowest BCUT2D eigenvalue weighted by Crippen LogP contribution is -2.30. The molecule has 0 unspecified atom stereocenters. The van der Waals surface area contributed by atoms with Crippen LogP contribution in [-0.4, -0.2) is 48.1 Å². The summed E-state index contributed by atoms with van der Waals surface area (Å²) >= 11 is 1.59. The number of aromatic nitrogens is 1. The molecule has 0 radical (unpaired) electrons. The third kappa shape index (κ3) is 4.67. The molecule has 2 aromatic rings. The lowest BCUT2D eigenvalue weighted by atomic mass is 10.2. The van der Waals surface area contributed by atoms with Crippen LogP contribution in [0, 0.1) is 0 Å². The van der Waals surface area contributed by atoms with Crippen LogP contribution in [-0.2, 0) is 13.1 Å². The lowest BCUT2D eigenvalue weighted by Gasteiger charge is -2.21. The molecule has 23 heavy (non-hydrogen) atoms. The van der Waals surface area contributed by atoms with E-state index in [1.54, 1.807) is 18.4 Å². The molecule has 1 aromatic heterocycles. The van der Waals surface area contributed by atoms with Gasteiger partial charge in [-0.25, -0.2) is 4.98 Å². The molecule has 1 aromatic carbocycles. The molecule has 1 aliphatic heterocycles. The summed E-state index contributed by atoms with van der Waals surface area (Å²) in [5.41, 5.74) is 7.06. The maximum Gasteiger partial charge on any atom is 0.180 e.